The SMILES string of the molecule is CCNC(=NCc1ccnc(OC)c1)N(C)Cc1cccc(F)c1. The third-order valence-electron chi connectivity index (χ3n) is 3.43. The number of aliphatic imine (C=N–C) groups is 1. The monoisotopic (exact) mass is 330 g/mol. The van der Waals surface area contributed by atoms with E-state index in [1.54, 1.807) is 19.4 Å². The number of halogens is 1. The summed E-state index contributed by atoms with van der Waals surface area (Å²) in [6.07, 6.45) is 1.70. The first-order chi connectivity index (χ1) is 11.6. The molecule has 2 aromatic rings. The van der Waals surface area contributed by atoms with Crippen LogP contribution in [0.25, 0.3) is 0 Å². The lowest BCUT2D eigenvalue weighted by atomic mass is 10.2. The van der Waals surface area contributed by atoms with Crippen molar-refractivity contribution in [2.75, 3.05) is 20.7 Å². The van der Waals surface area contributed by atoms with Crippen molar-refractivity contribution in [2.24, 2.45) is 4.99 Å². The summed E-state index contributed by atoms with van der Waals surface area (Å²) in [4.78, 5) is 10.7. The van der Waals surface area contributed by atoms with Gasteiger partial charge in [-0.05, 0) is 36.2 Å². The van der Waals surface area contributed by atoms with Gasteiger partial charge in [0.15, 0.2) is 5.96 Å². The van der Waals surface area contributed by atoms with Crippen molar-refractivity contribution < 1.29 is 9.13 Å². The van der Waals surface area contributed by atoms with Crippen LogP contribution in [0.15, 0.2) is 47.6 Å². The van der Waals surface area contributed by atoms with Gasteiger partial charge in [-0.2, -0.15) is 0 Å². The molecule has 0 aliphatic rings. The number of guanidine groups is 1. The lowest BCUT2D eigenvalue weighted by Gasteiger charge is -2.22. The van der Waals surface area contributed by atoms with Crippen molar-refractivity contribution in [3.05, 3.63) is 59.5 Å². The van der Waals surface area contributed by atoms with Crippen LogP contribution < -0.4 is 10.1 Å². The Balaban J connectivity index is 2.08. The van der Waals surface area contributed by atoms with Gasteiger partial charge in [-0.25, -0.2) is 14.4 Å². The molecule has 2 rings (SSSR count). The summed E-state index contributed by atoms with van der Waals surface area (Å²) >= 11 is 0. The fraction of sp³-hybridized carbons (Fsp3) is 0.333. The van der Waals surface area contributed by atoms with Gasteiger partial charge in [-0.3, -0.25) is 0 Å². The Morgan fingerprint density at radius 2 is 2.12 bits per heavy atom. The highest BCUT2D eigenvalue weighted by Crippen LogP contribution is 2.10. The number of hydrogen-bond acceptors (Lipinski definition) is 3. The predicted molar refractivity (Wildman–Crippen MR) is 93.5 cm³/mol. The van der Waals surface area contributed by atoms with Crippen LogP contribution in [0.2, 0.25) is 0 Å². The molecule has 128 valence electrons. The molecule has 1 aromatic carbocycles. The minimum Gasteiger partial charge on any atom is -0.481 e. The maximum absolute atomic E-state index is 13.3. The van der Waals surface area contributed by atoms with Crippen molar-refractivity contribution in [3.8, 4) is 5.88 Å². The molecule has 0 spiro atoms. The Morgan fingerprint density at radius 1 is 1.29 bits per heavy atom. The Kier molecular flexibility index (Phi) is 6.54. The molecule has 0 aliphatic heterocycles. The summed E-state index contributed by atoms with van der Waals surface area (Å²) in [5, 5.41) is 3.25. The van der Waals surface area contributed by atoms with Crippen LogP contribution in [0.5, 0.6) is 5.88 Å². The molecular formula is C18H23FN4O. The van der Waals surface area contributed by atoms with Gasteiger partial charge in [0.25, 0.3) is 0 Å². The second kappa shape index (κ2) is 8.86. The Labute approximate surface area is 142 Å². The van der Waals surface area contributed by atoms with Crippen molar-refractivity contribution in [2.45, 2.75) is 20.0 Å². The van der Waals surface area contributed by atoms with Crippen molar-refractivity contribution in [1.82, 2.24) is 15.2 Å². The van der Waals surface area contributed by atoms with Gasteiger partial charge < -0.3 is 15.0 Å². The zero-order chi connectivity index (χ0) is 17.4. The highest BCUT2D eigenvalue weighted by Gasteiger charge is 2.07. The summed E-state index contributed by atoms with van der Waals surface area (Å²) in [5.41, 5.74) is 1.91. The number of methoxy groups -OCH3 is 1. The summed E-state index contributed by atoms with van der Waals surface area (Å²) in [7, 11) is 3.52. The van der Waals surface area contributed by atoms with Crippen molar-refractivity contribution in [1.29, 1.82) is 0 Å². The molecule has 0 amide bonds. The van der Waals surface area contributed by atoms with Crippen LogP contribution in [0, 0.1) is 5.82 Å². The predicted octanol–water partition coefficient (Wildman–Crippen LogP) is 2.83. The van der Waals surface area contributed by atoms with Gasteiger partial charge in [0, 0.05) is 32.4 Å². The van der Waals surface area contributed by atoms with E-state index >= 15 is 0 Å². The van der Waals surface area contributed by atoms with E-state index in [1.807, 2.05) is 37.1 Å². The number of hydrogen-bond donors (Lipinski definition) is 1. The first kappa shape index (κ1) is 17.7. The second-order valence-electron chi connectivity index (χ2n) is 5.36. The normalized spacial score (nSPS) is 11.2. The van der Waals surface area contributed by atoms with Gasteiger partial charge in [-0.1, -0.05) is 12.1 Å². The number of rotatable bonds is 6. The molecule has 0 saturated carbocycles. The smallest absolute Gasteiger partial charge is 0.213 e. The largest absolute Gasteiger partial charge is 0.481 e. The van der Waals surface area contributed by atoms with Crippen molar-refractivity contribution >= 4 is 5.96 Å². The van der Waals surface area contributed by atoms with E-state index in [4.69, 9.17) is 4.74 Å². The maximum Gasteiger partial charge on any atom is 0.213 e. The van der Waals surface area contributed by atoms with Gasteiger partial charge in [-0.15, -0.1) is 0 Å². The minimum absolute atomic E-state index is 0.230. The molecule has 1 aromatic heterocycles. The molecular weight excluding hydrogens is 307 g/mol. The Bertz CT molecular complexity index is 690. The molecule has 0 radical (unpaired) electrons. The second-order valence-corrected chi connectivity index (χ2v) is 5.36. The molecule has 0 bridgehead atoms. The molecule has 1 heterocycles. The molecule has 6 heteroatoms. The lowest BCUT2D eigenvalue weighted by Crippen LogP contribution is -2.38. The molecule has 0 aliphatic carbocycles. The van der Waals surface area contributed by atoms with Crippen LogP contribution in [0.4, 0.5) is 4.39 Å². The molecule has 0 fully saturated rings. The lowest BCUT2D eigenvalue weighted by molar-refractivity contribution is 0.397. The fourth-order valence-corrected chi connectivity index (χ4v) is 2.28. The fourth-order valence-electron chi connectivity index (χ4n) is 2.28. The quantitative estimate of drug-likeness (QED) is 0.654. The van der Waals surface area contributed by atoms with Gasteiger partial charge >= 0.3 is 0 Å². The number of benzene rings is 1. The number of nitrogens with zero attached hydrogens (tertiary/aromatic N) is 3. The Morgan fingerprint density at radius 3 is 2.83 bits per heavy atom. The van der Waals surface area contributed by atoms with E-state index in [0.717, 1.165) is 23.6 Å². The summed E-state index contributed by atoms with van der Waals surface area (Å²) in [6.45, 7) is 3.85. The van der Waals surface area contributed by atoms with Crippen LogP contribution in [-0.4, -0.2) is 36.5 Å². The van der Waals surface area contributed by atoms with Crippen LogP contribution in [-0.2, 0) is 13.1 Å². The third kappa shape index (κ3) is 5.22. The minimum atomic E-state index is -0.230. The summed E-state index contributed by atoms with van der Waals surface area (Å²) in [6, 6.07) is 10.4. The van der Waals surface area contributed by atoms with Gasteiger partial charge in [0.1, 0.15) is 5.82 Å². The van der Waals surface area contributed by atoms with Crippen LogP contribution in [0.3, 0.4) is 0 Å². The summed E-state index contributed by atoms with van der Waals surface area (Å²) < 4.78 is 18.5. The third-order valence-corrected chi connectivity index (χ3v) is 3.43. The van der Waals surface area contributed by atoms with E-state index in [-0.39, 0.29) is 5.82 Å². The highest BCUT2D eigenvalue weighted by atomic mass is 19.1. The average molecular weight is 330 g/mol. The van der Waals surface area contributed by atoms with E-state index in [0.29, 0.717) is 19.0 Å². The number of nitrogens with one attached hydrogen (secondary N) is 1. The topological polar surface area (TPSA) is 49.8 Å². The standard InChI is InChI=1S/C18H23FN4O/c1-4-20-18(22-12-14-8-9-21-17(11-14)24-3)23(2)13-15-6-5-7-16(19)10-15/h5-11H,4,12-13H2,1-3H3,(H,20,22). The average Bonchev–Trinajstić information content (AvgIpc) is 2.58. The first-order valence-electron chi connectivity index (χ1n) is 7.85. The zero-order valence-electron chi connectivity index (χ0n) is 14.3. The number of aromatic nitrogens is 1. The highest BCUT2D eigenvalue weighted by molar-refractivity contribution is 5.79. The van der Waals surface area contributed by atoms with E-state index in [1.165, 1.54) is 12.1 Å². The molecule has 5 nitrogen and oxygen atoms in total. The molecule has 0 atom stereocenters. The number of ether oxygens (including phenoxy) is 1. The van der Waals surface area contributed by atoms with Gasteiger partial charge in [0.05, 0.1) is 13.7 Å². The van der Waals surface area contributed by atoms with E-state index in [2.05, 4.69) is 15.3 Å². The van der Waals surface area contributed by atoms with E-state index < -0.39 is 0 Å². The van der Waals surface area contributed by atoms with Crippen molar-refractivity contribution in [3.63, 3.8) is 0 Å². The molecule has 1 N–H and O–H groups in total. The Hall–Kier alpha value is -2.63. The van der Waals surface area contributed by atoms with Crippen LogP contribution in [0.1, 0.15) is 18.1 Å². The van der Waals surface area contributed by atoms with Gasteiger partial charge in [0.2, 0.25) is 5.88 Å². The summed E-state index contributed by atoms with van der Waals surface area (Å²) in [5.74, 6) is 1.10. The van der Waals surface area contributed by atoms with Crippen LogP contribution >= 0.6 is 0 Å². The molecule has 0 unspecified atom stereocenters. The molecule has 24 heavy (non-hydrogen) atoms. The maximum atomic E-state index is 13.3. The zero-order valence-corrected chi connectivity index (χ0v) is 14.3. The molecule has 0 saturated heterocycles. The van der Waals surface area contributed by atoms with E-state index in [9.17, 15) is 4.39 Å². The number of pyridine rings is 1. The first-order valence-corrected chi connectivity index (χ1v) is 7.85.